The third-order valence-corrected chi connectivity index (χ3v) is 5.57. The third-order valence-electron chi connectivity index (χ3n) is 5.57. The van der Waals surface area contributed by atoms with Crippen molar-refractivity contribution in [1.29, 1.82) is 0 Å². The number of carbonyl (C=O) groups excluding carboxylic acids is 1. The molecule has 0 bridgehead atoms. The van der Waals surface area contributed by atoms with Crippen LogP contribution in [0.1, 0.15) is 53.4 Å². The van der Waals surface area contributed by atoms with Crippen LogP contribution in [0, 0.1) is 29.1 Å². The largest absolute Gasteiger partial charge is 0.356 e. The third kappa shape index (κ3) is 5.14. The predicted molar refractivity (Wildman–Crippen MR) is 90.7 cm³/mol. The predicted octanol–water partition coefficient (Wildman–Crippen LogP) is 3.23. The van der Waals surface area contributed by atoms with E-state index in [4.69, 9.17) is 0 Å². The van der Waals surface area contributed by atoms with Crippen molar-refractivity contribution in [1.82, 2.24) is 10.6 Å². The van der Waals surface area contributed by atoms with Gasteiger partial charge in [-0.2, -0.15) is 0 Å². The highest BCUT2D eigenvalue weighted by molar-refractivity contribution is 5.85. The maximum atomic E-state index is 12.1. The second kappa shape index (κ2) is 7.82. The van der Waals surface area contributed by atoms with Crippen LogP contribution in [0.15, 0.2) is 0 Å². The summed E-state index contributed by atoms with van der Waals surface area (Å²) in [5.41, 5.74) is 0.444. The first-order valence-corrected chi connectivity index (χ1v) is 8.36. The highest BCUT2D eigenvalue weighted by atomic mass is 35.5. The van der Waals surface area contributed by atoms with Gasteiger partial charge in [0.25, 0.3) is 0 Å². The van der Waals surface area contributed by atoms with Gasteiger partial charge in [-0.1, -0.05) is 27.7 Å². The molecule has 1 heterocycles. The molecule has 2 aliphatic rings. The molecule has 2 fully saturated rings. The van der Waals surface area contributed by atoms with Crippen LogP contribution in [0.5, 0.6) is 0 Å². The number of hydrogen-bond acceptors (Lipinski definition) is 2. The summed E-state index contributed by atoms with van der Waals surface area (Å²) in [7, 11) is 0. The van der Waals surface area contributed by atoms with Crippen LogP contribution < -0.4 is 10.6 Å². The van der Waals surface area contributed by atoms with Crippen LogP contribution in [0.25, 0.3) is 0 Å². The van der Waals surface area contributed by atoms with E-state index in [-0.39, 0.29) is 24.2 Å². The molecule has 1 saturated carbocycles. The van der Waals surface area contributed by atoms with Crippen LogP contribution in [-0.2, 0) is 4.79 Å². The van der Waals surface area contributed by atoms with E-state index in [1.807, 2.05) is 0 Å². The van der Waals surface area contributed by atoms with Gasteiger partial charge in [0, 0.05) is 12.5 Å². The fourth-order valence-corrected chi connectivity index (χ4v) is 3.52. The topological polar surface area (TPSA) is 41.1 Å². The Bertz CT molecular complexity index is 328. The van der Waals surface area contributed by atoms with Crippen molar-refractivity contribution in [3.63, 3.8) is 0 Å². The summed E-state index contributed by atoms with van der Waals surface area (Å²) in [6.07, 6.45) is 5.21. The summed E-state index contributed by atoms with van der Waals surface area (Å²) >= 11 is 0. The molecule has 3 nitrogen and oxygen atoms in total. The molecule has 1 saturated heterocycles. The Morgan fingerprint density at radius 2 is 1.76 bits per heavy atom. The van der Waals surface area contributed by atoms with Crippen LogP contribution in [0.4, 0.5) is 0 Å². The lowest BCUT2D eigenvalue weighted by molar-refractivity contribution is -0.127. The van der Waals surface area contributed by atoms with Gasteiger partial charge in [0.2, 0.25) is 5.91 Å². The van der Waals surface area contributed by atoms with Crippen LogP contribution >= 0.6 is 12.4 Å². The Balaban J connectivity index is 0.00000220. The standard InChI is InChI=1S/C17H32N2O.ClH/c1-12(14-10-18-11-14)16(20)19-9-13-5-7-15(8-6-13)17(2,3)4;/h12-15,18H,5-11H2,1-4H3,(H,19,20);1H. The van der Waals surface area contributed by atoms with Crippen molar-refractivity contribution in [3.05, 3.63) is 0 Å². The number of hydrogen-bond donors (Lipinski definition) is 2. The highest BCUT2D eigenvalue weighted by Gasteiger charge is 2.31. The van der Waals surface area contributed by atoms with Crippen molar-refractivity contribution >= 4 is 18.3 Å². The molecule has 1 aliphatic carbocycles. The van der Waals surface area contributed by atoms with Gasteiger partial charge >= 0.3 is 0 Å². The minimum absolute atomic E-state index is 0. The normalized spacial score (nSPS) is 28.2. The second-order valence-electron chi connectivity index (χ2n) is 8.04. The maximum Gasteiger partial charge on any atom is 0.223 e. The van der Waals surface area contributed by atoms with E-state index >= 15 is 0 Å². The highest BCUT2D eigenvalue weighted by Crippen LogP contribution is 2.39. The van der Waals surface area contributed by atoms with E-state index < -0.39 is 0 Å². The summed E-state index contributed by atoms with van der Waals surface area (Å²) in [5.74, 6) is 2.53. The summed E-state index contributed by atoms with van der Waals surface area (Å²) in [5, 5.41) is 6.43. The van der Waals surface area contributed by atoms with Crippen LogP contribution in [0.2, 0.25) is 0 Å². The Morgan fingerprint density at radius 3 is 2.19 bits per heavy atom. The van der Waals surface area contributed by atoms with E-state index in [2.05, 4.69) is 38.3 Å². The number of nitrogens with one attached hydrogen (secondary N) is 2. The zero-order chi connectivity index (χ0) is 14.8. The quantitative estimate of drug-likeness (QED) is 0.836. The fraction of sp³-hybridized carbons (Fsp3) is 0.941. The number of rotatable bonds is 4. The molecule has 0 aromatic heterocycles. The Labute approximate surface area is 136 Å². The molecule has 1 unspecified atom stereocenters. The summed E-state index contributed by atoms with van der Waals surface area (Å²) < 4.78 is 0. The lowest BCUT2D eigenvalue weighted by atomic mass is 9.70. The van der Waals surface area contributed by atoms with Crippen molar-refractivity contribution in [2.45, 2.75) is 53.4 Å². The zero-order valence-corrected chi connectivity index (χ0v) is 14.9. The van der Waals surface area contributed by atoms with Gasteiger partial charge in [0.1, 0.15) is 0 Å². The lowest BCUT2D eigenvalue weighted by Crippen LogP contribution is -2.50. The first-order chi connectivity index (χ1) is 9.38. The fourth-order valence-electron chi connectivity index (χ4n) is 3.52. The van der Waals surface area contributed by atoms with Crippen molar-refractivity contribution < 1.29 is 4.79 Å². The molecule has 0 aromatic rings. The summed E-state index contributed by atoms with van der Waals surface area (Å²) in [6, 6.07) is 0. The molecule has 0 spiro atoms. The lowest BCUT2D eigenvalue weighted by Gasteiger charge is -2.37. The Kier molecular flexibility index (Phi) is 6.99. The molecule has 0 radical (unpaired) electrons. The van der Waals surface area contributed by atoms with Gasteiger partial charge in [0.15, 0.2) is 0 Å². The van der Waals surface area contributed by atoms with Crippen LogP contribution in [0.3, 0.4) is 0 Å². The SMILES string of the molecule is CC(C(=O)NCC1CCC(C(C)(C)C)CC1)C1CNC1.Cl. The minimum atomic E-state index is 0. The Morgan fingerprint density at radius 1 is 1.19 bits per heavy atom. The van der Waals surface area contributed by atoms with E-state index in [1.54, 1.807) is 0 Å². The van der Waals surface area contributed by atoms with Gasteiger partial charge in [-0.05, 0) is 61.9 Å². The number of amides is 1. The summed E-state index contributed by atoms with van der Waals surface area (Å²) in [4.78, 5) is 12.1. The van der Waals surface area contributed by atoms with E-state index in [0.29, 0.717) is 17.3 Å². The Hall–Kier alpha value is -0.280. The molecular formula is C17H33ClN2O. The molecule has 1 aliphatic heterocycles. The van der Waals surface area contributed by atoms with Crippen LogP contribution in [-0.4, -0.2) is 25.5 Å². The summed E-state index contributed by atoms with van der Waals surface area (Å²) in [6.45, 7) is 12.0. The minimum Gasteiger partial charge on any atom is -0.356 e. The van der Waals surface area contributed by atoms with Gasteiger partial charge in [0.05, 0.1) is 0 Å². The number of halogens is 1. The van der Waals surface area contributed by atoms with Gasteiger partial charge in [-0.15, -0.1) is 12.4 Å². The van der Waals surface area contributed by atoms with Crippen molar-refractivity contribution in [2.24, 2.45) is 29.1 Å². The smallest absolute Gasteiger partial charge is 0.223 e. The maximum absolute atomic E-state index is 12.1. The average Bonchev–Trinajstić information content (AvgIpc) is 2.33. The molecule has 0 aromatic carbocycles. The first-order valence-electron chi connectivity index (χ1n) is 8.36. The van der Waals surface area contributed by atoms with Crippen molar-refractivity contribution in [3.8, 4) is 0 Å². The molecule has 1 atom stereocenters. The molecule has 1 amide bonds. The molecule has 2 rings (SSSR count). The van der Waals surface area contributed by atoms with Gasteiger partial charge in [-0.3, -0.25) is 4.79 Å². The number of carbonyl (C=O) groups is 1. The first kappa shape index (κ1) is 18.8. The molecule has 21 heavy (non-hydrogen) atoms. The van der Waals surface area contributed by atoms with E-state index in [1.165, 1.54) is 25.7 Å². The second-order valence-corrected chi connectivity index (χ2v) is 8.04. The molecule has 124 valence electrons. The monoisotopic (exact) mass is 316 g/mol. The molecule has 2 N–H and O–H groups in total. The van der Waals surface area contributed by atoms with Gasteiger partial charge < -0.3 is 10.6 Å². The zero-order valence-electron chi connectivity index (χ0n) is 14.1. The van der Waals surface area contributed by atoms with E-state index in [0.717, 1.165) is 25.6 Å². The van der Waals surface area contributed by atoms with Crippen molar-refractivity contribution in [2.75, 3.05) is 19.6 Å². The van der Waals surface area contributed by atoms with E-state index in [9.17, 15) is 4.79 Å². The average molecular weight is 317 g/mol. The molecular weight excluding hydrogens is 284 g/mol. The molecule has 4 heteroatoms. The van der Waals surface area contributed by atoms with Gasteiger partial charge in [-0.25, -0.2) is 0 Å².